The summed E-state index contributed by atoms with van der Waals surface area (Å²) in [6.45, 7) is 0.259. The van der Waals surface area contributed by atoms with E-state index in [1.54, 1.807) is 17.4 Å². The number of benzene rings is 1. The number of rotatable bonds is 4. The van der Waals surface area contributed by atoms with Crippen LogP contribution < -0.4 is 0 Å². The molecule has 2 aromatic heterocycles. The molecular weight excluding hydrogens is 307 g/mol. The van der Waals surface area contributed by atoms with Crippen LogP contribution in [0.25, 0.3) is 11.4 Å². The topological polar surface area (TPSA) is 69.9 Å². The number of nitrogens with zero attached hydrogens (tertiary/aromatic N) is 4. The van der Waals surface area contributed by atoms with Crippen molar-refractivity contribution in [3.05, 3.63) is 52.0 Å². The molecule has 0 saturated carbocycles. The Labute approximate surface area is 129 Å². The van der Waals surface area contributed by atoms with Crippen molar-refractivity contribution in [2.45, 2.75) is 6.54 Å². The van der Waals surface area contributed by atoms with Gasteiger partial charge in [0.05, 0.1) is 19.2 Å². The molecule has 0 aliphatic carbocycles. The quantitative estimate of drug-likeness (QED) is 0.691. The Hall–Kier alpha value is -2.61. The third-order valence-corrected chi connectivity index (χ3v) is 3.68. The number of methoxy groups -OCH3 is 1. The van der Waals surface area contributed by atoms with E-state index in [4.69, 9.17) is 0 Å². The van der Waals surface area contributed by atoms with Gasteiger partial charge in [-0.25, -0.2) is 9.18 Å². The van der Waals surface area contributed by atoms with Crippen molar-refractivity contribution in [2.75, 3.05) is 7.11 Å². The van der Waals surface area contributed by atoms with Gasteiger partial charge in [0.15, 0.2) is 0 Å². The molecule has 0 spiro atoms. The molecule has 0 fully saturated rings. The molecule has 0 aliphatic heterocycles. The van der Waals surface area contributed by atoms with E-state index in [2.05, 4.69) is 20.1 Å². The molecule has 2 heterocycles. The molecule has 3 aromatic rings. The van der Waals surface area contributed by atoms with Crippen LogP contribution in [0.4, 0.5) is 4.39 Å². The number of ether oxygens (including phenoxy) is 1. The maximum absolute atomic E-state index is 13.9. The smallest absolute Gasteiger partial charge is 0.340 e. The lowest BCUT2D eigenvalue weighted by Gasteiger charge is -2.04. The lowest BCUT2D eigenvalue weighted by Crippen LogP contribution is -2.08. The number of hydrogen-bond donors (Lipinski definition) is 0. The highest BCUT2D eigenvalue weighted by Crippen LogP contribution is 2.17. The second-order valence-corrected chi connectivity index (χ2v) is 5.24. The molecule has 0 atom stereocenters. The standard InChI is InChI=1S/C14H11FN4O2S/c1-21-14(20)11-3-2-9(6-12(11)15)7-19-17-13(16-18-19)10-4-5-22-8-10/h2-6,8H,7H2,1H3. The first-order valence-electron chi connectivity index (χ1n) is 6.34. The molecule has 22 heavy (non-hydrogen) atoms. The number of thiophene rings is 1. The first-order valence-corrected chi connectivity index (χ1v) is 7.29. The second-order valence-electron chi connectivity index (χ2n) is 4.46. The Morgan fingerprint density at radius 2 is 2.27 bits per heavy atom. The molecule has 0 N–H and O–H groups in total. The van der Waals surface area contributed by atoms with Crippen LogP contribution in [-0.2, 0) is 11.3 Å². The zero-order valence-corrected chi connectivity index (χ0v) is 12.4. The number of carbonyl (C=O) groups is 1. The predicted molar refractivity (Wildman–Crippen MR) is 78.0 cm³/mol. The molecule has 3 rings (SSSR count). The second kappa shape index (κ2) is 6.02. The van der Waals surface area contributed by atoms with E-state index >= 15 is 0 Å². The highest BCUT2D eigenvalue weighted by Gasteiger charge is 2.13. The zero-order valence-electron chi connectivity index (χ0n) is 11.6. The molecule has 112 valence electrons. The van der Waals surface area contributed by atoms with Crippen molar-refractivity contribution < 1.29 is 13.9 Å². The van der Waals surface area contributed by atoms with E-state index in [0.29, 0.717) is 11.4 Å². The summed E-state index contributed by atoms with van der Waals surface area (Å²) in [5.74, 6) is -0.821. The Balaban J connectivity index is 1.79. The number of hydrogen-bond acceptors (Lipinski definition) is 6. The van der Waals surface area contributed by atoms with Gasteiger partial charge in [0.25, 0.3) is 0 Å². The Kier molecular flexibility index (Phi) is 3.92. The third-order valence-electron chi connectivity index (χ3n) is 3.00. The Bertz CT molecular complexity index is 801. The van der Waals surface area contributed by atoms with Crippen LogP contribution in [0.15, 0.2) is 35.0 Å². The van der Waals surface area contributed by atoms with Gasteiger partial charge < -0.3 is 4.74 Å². The monoisotopic (exact) mass is 318 g/mol. The highest BCUT2D eigenvalue weighted by atomic mass is 32.1. The van der Waals surface area contributed by atoms with Gasteiger partial charge in [0.1, 0.15) is 5.82 Å². The number of tetrazole rings is 1. The van der Waals surface area contributed by atoms with E-state index < -0.39 is 11.8 Å². The minimum atomic E-state index is -0.706. The maximum atomic E-state index is 13.9. The number of carbonyl (C=O) groups excluding carboxylic acids is 1. The molecule has 0 unspecified atom stereocenters. The van der Waals surface area contributed by atoms with Crippen LogP contribution >= 0.6 is 11.3 Å². The van der Waals surface area contributed by atoms with Crippen molar-refractivity contribution in [3.8, 4) is 11.4 Å². The lowest BCUT2D eigenvalue weighted by molar-refractivity contribution is 0.0595. The highest BCUT2D eigenvalue weighted by molar-refractivity contribution is 7.08. The zero-order chi connectivity index (χ0) is 15.5. The number of esters is 1. The van der Waals surface area contributed by atoms with Gasteiger partial charge in [0.2, 0.25) is 5.82 Å². The molecule has 1 aromatic carbocycles. The Morgan fingerprint density at radius 3 is 2.95 bits per heavy atom. The molecular formula is C14H11FN4O2S. The SMILES string of the molecule is COC(=O)c1ccc(Cn2nnc(-c3ccsc3)n2)cc1F. The summed E-state index contributed by atoms with van der Waals surface area (Å²) in [6, 6.07) is 6.17. The molecule has 6 nitrogen and oxygen atoms in total. The van der Waals surface area contributed by atoms with E-state index in [0.717, 1.165) is 5.56 Å². The van der Waals surface area contributed by atoms with E-state index in [-0.39, 0.29) is 12.1 Å². The minimum Gasteiger partial charge on any atom is -0.465 e. The summed E-state index contributed by atoms with van der Waals surface area (Å²) < 4.78 is 18.4. The predicted octanol–water partition coefficient (Wildman–Crippen LogP) is 2.38. The van der Waals surface area contributed by atoms with Crippen LogP contribution in [0.2, 0.25) is 0 Å². The lowest BCUT2D eigenvalue weighted by atomic mass is 10.1. The summed E-state index contributed by atoms with van der Waals surface area (Å²) in [5.41, 5.74) is 1.42. The largest absolute Gasteiger partial charge is 0.465 e. The van der Waals surface area contributed by atoms with Gasteiger partial charge in [0, 0.05) is 10.9 Å². The van der Waals surface area contributed by atoms with Gasteiger partial charge in [-0.1, -0.05) is 6.07 Å². The van der Waals surface area contributed by atoms with Crippen molar-refractivity contribution in [1.29, 1.82) is 0 Å². The molecule has 0 saturated heterocycles. The summed E-state index contributed by atoms with van der Waals surface area (Å²) in [6.07, 6.45) is 0. The van der Waals surface area contributed by atoms with Gasteiger partial charge in [-0.15, -0.1) is 10.2 Å². The Morgan fingerprint density at radius 1 is 1.41 bits per heavy atom. The molecule has 0 aliphatic rings. The molecule has 0 bridgehead atoms. The minimum absolute atomic E-state index is 0.100. The van der Waals surface area contributed by atoms with Crippen molar-refractivity contribution in [1.82, 2.24) is 20.2 Å². The van der Waals surface area contributed by atoms with Gasteiger partial charge >= 0.3 is 5.97 Å². The maximum Gasteiger partial charge on any atom is 0.340 e. The third kappa shape index (κ3) is 2.86. The van der Waals surface area contributed by atoms with E-state index in [1.165, 1.54) is 24.0 Å². The van der Waals surface area contributed by atoms with Crippen LogP contribution in [-0.4, -0.2) is 33.3 Å². The van der Waals surface area contributed by atoms with E-state index in [1.807, 2.05) is 16.8 Å². The van der Waals surface area contributed by atoms with Crippen LogP contribution in [0.3, 0.4) is 0 Å². The first kappa shape index (κ1) is 14.3. The molecule has 0 amide bonds. The van der Waals surface area contributed by atoms with Crippen molar-refractivity contribution >= 4 is 17.3 Å². The molecule has 8 heteroatoms. The first-order chi connectivity index (χ1) is 10.7. The average Bonchev–Trinajstić information content (AvgIpc) is 3.17. The average molecular weight is 318 g/mol. The fourth-order valence-electron chi connectivity index (χ4n) is 1.91. The van der Waals surface area contributed by atoms with Crippen LogP contribution in [0, 0.1) is 5.82 Å². The van der Waals surface area contributed by atoms with Gasteiger partial charge in [-0.3, -0.25) is 0 Å². The summed E-state index contributed by atoms with van der Waals surface area (Å²) in [5, 5.41) is 16.0. The van der Waals surface area contributed by atoms with Crippen LogP contribution in [0.5, 0.6) is 0 Å². The summed E-state index contributed by atoms with van der Waals surface area (Å²) >= 11 is 1.55. The van der Waals surface area contributed by atoms with Crippen LogP contribution in [0.1, 0.15) is 15.9 Å². The van der Waals surface area contributed by atoms with Crippen molar-refractivity contribution in [2.24, 2.45) is 0 Å². The molecule has 0 radical (unpaired) electrons. The summed E-state index contributed by atoms with van der Waals surface area (Å²) in [4.78, 5) is 12.7. The summed E-state index contributed by atoms with van der Waals surface area (Å²) in [7, 11) is 1.21. The fraction of sp³-hybridized carbons (Fsp3) is 0.143. The van der Waals surface area contributed by atoms with Gasteiger partial charge in [-0.2, -0.15) is 16.1 Å². The normalized spacial score (nSPS) is 10.6. The fourth-order valence-corrected chi connectivity index (χ4v) is 2.55. The van der Waals surface area contributed by atoms with Gasteiger partial charge in [-0.05, 0) is 34.4 Å². The number of aromatic nitrogens is 4. The van der Waals surface area contributed by atoms with Crippen molar-refractivity contribution in [3.63, 3.8) is 0 Å². The van der Waals surface area contributed by atoms with E-state index in [9.17, 15) is 9.18 Å². The number of halogens is 1.